The minimum Gasteiger partial charge on any atom is -0.383 e. The average Bonchev–Trinajstić information content (AvgIpc) is 2.03. The summed E-state index contributed by atoms with van der Waals surface area (Å²) >= 11 is 0. The fraction of sp³-hybridized carbons (Fsp3) is 0.833. The van der Waals surface area contributed by atoms with Crippen LogP contribution in [0.2, 0.25) is 0 Å². The van der Waals surface area contributed by atoms with Crippen LogP contribution in [0.25, 0.3) is 0 Å². The largest absolute Gasteiger partial charge is 0.383 e. The van der Waals surface area contributed by atoms with E-state index in [0.717, 1.165) is 0 Å². The maximum Gasteiger partial charge on any atom is 0.250 e. The van der Waals surface area contributed by atoms with E-state index in [4.69, 9.17) is 10.8 Å². The first kappa shape index (κ1) is 10.3. The van der Waals surface area contributed by atoms with Gasteiger partial charge in [-0.2, -0.15) is 0 Å². The minimum absolute atomic E-state index is 0.0567. The van der Waals surface area contributed by atoms with Gasteiger partial charge in [0.05, 0.1) is 6.61 Å². The molecule has 11 heavy (non-hydrogen) atoms. The molecule has 0 aromatic carbocycles. The van der Waals surface area contributed by atoms with Gasteiger partial charge in [0.1, 0.15) is 6.10 Å². The number of hydrogen-bond donors (Lipinski definition) is 3. The van der Waals surface area contributed by atoms with Crippen LogP contribution in [0, 0.1) is 0 Å². The van der Waals surface area contributed by atoms with Gasteiger partial charge in [-0.15, -0.1) is 0 Å². The number of hydrogen-bond acceptors (Lipinski definition) is 4. The number of nitrogens with two attached hydrogens (primary N) is 1. The molecule has 4 N–H and O–H groups in total. The number of aliphatic hydroxyl groups excluding tert-OH is 1. The predicted molar refractivity (Wildman–Crippen MR) is 39.9 cm³/mol. The minimum atomic E-state index is -1.10. The Balaban J connectivity index is 3.36. The van der Waals surface area contributed by atoms with Gasteiger partial charge in [-0.25, -0.2) is 0 Å². The number of carbonyl (C=O) groups is 1. The van der Waals surface area contributed by atoms with Crippen molar-refractivity contribution in [2.45, 2.75) is 6.10 Å². The number of methoxy groups -OCH3 is 1. The summed E-state index contributed by atoms with van der Waals surface area (Å²) in [6.45, 7) is 0.772. The Kier molecular flexibility index (Phi) is 5.73. The number of nitrogens with one attached hydrogen (secondary N) is 1. The monoisotopic (exact) mass is 162 g/mol. The molecule has 0 aromatic rings. The molecule has 0 aliphatic rings. The molecule has 0 spiro atoms. The number of amides is 1. The molecular formula is C6H14N2O3. The Morgan fingerprint density at radius 2 is 2.45 bits per heavy atom. The van der Waals surface area contributed by atoms with E-state index in [1.54, 1.807) is 0 Å². The van der Waals surface area contributed by atoms with Gasteiger partial charge in [-0.3, -0.25) is 4.79 Å². The molecule has 0 aromatic heterocycles. The maximum absolute atomic E-state index is 10.8. The van der Waals surface area contributed by atoms with Gasteiger partial charge in [-0.1, -0.05) is 0 Å². The van der Waals surface area contributed by atoms with Crippen molar-refractivity contribution in [2.75, 3.05) is 26.8 Å². The zero-order chi connectivity index (χ0) is 8.69. The average molecular weight is 162 g/mol. The van der Waals surface area contributed by atoms with Gasteiger partial charge in [0.2, 0.25) is 5.91 Å². The summed E-state index contributed by atoms with van der Waals surface area (Å²) < 4.78 is 4.68. The van der Waals surface area contributed by atoms with E-state index in [0.29, 0.717) is 13.2 Å². The van der Waals surface area contributed by atoms with E-state index >= 15 is 0 Å². The molecule has 0 aliphatic heterocycles. The molecule has 1 atom stereocenters. The first-order valence-corrected chi connectivity index (χ1v) is 3.37. The second-order valence-corrected chi connectivity index (χ2v) is 2.04. The molecule has 0 saturated heterocycles. The van der Waals surface area contributed by atoms with Crippen LogP contribution in [-0.4, -0.2) is 43.9 Å². The number of aliphatic hydroxyl groups is 1. The van der Waals surface area contributed by atoms with E-state index < -0.39 is 12.0 Å². The fourth-order valence-corrected chi connectivity index (χ4v) is 0.501. The summed E-state index contributed by atoms with van der Waals surface area (Å²) in [5, 5.41) is 11.3. The summed E-state index contributed by atoms with van der Waals surface area (Å²) in [7, 11) is 1.53. The quantitative estimate of drug-likeness (QED) is 0.411. The van der Waals surface area contributed by atoms with Crippen molar-refractivity contribution in [2.24, 2.45) is 5.73 Å². The molecule has 0 saturated carbocycles. The van der Waals surface area contributed by atoms with Crippen LogP contribution in [0.1, 0.15) is 0 Å². The Hall–Kier alpha value is -0.650. The summed E-state index contributed by atoms with van der Waals surface area (Å²) in [5.74, 6) is -0.454. The molecule has 0 bridgehead atoms. The number of ether oxygens (including phenoxy) is 1. The van der Waals surface area contributed by atoms with Crippen LogP contribution in [0.15, 0.2) is 0 Å². The van der Waals surface area contributed by atoms with Gasteiger partial charge in [0.15, 0.2) is 0 Å². The van der Waals surface area contributed by atoms with Crippen LogP contribution < -0.4 is 11.1 Å². The highest BCUT2D eigenvalue weighted by Gasteiger charge is 2.10. The summed E-state index contributed by atoms with van der Waals surface area (Å²) in [4.78, 5) is 10.8. The molecule has 1 unspecified atom stereocenters. The number of rotatable bonds is 5. The zero-order valence-electron chi connectivity index (χ0n) is 6.54. The van der Waals surface area contributed by atoms with Gasteiger partial charge >= 0.3 is 0 Å². The predicted octanol–water partition coefficient (Wildman–Crippen LogP) is -1.93. The maximum atomic E-state index is 10.8. The van der Waals surface area contributed by atoms with Crippen LogP contribution in [0.5, 0.6) is 0 Å². The Morgan fingerprint density at radius 3 is 2.91 bits per heavy atom. The molecule has 0 rings (SSSR count). The van der Waals surface area contributed by atoms with Crippen LogP contribution in [-0.2, 0) is 9.53 Å². The molecule has 0 aliphatic carbocycles. The van der Waals surface area contributed by atoms with Crippen molar-refractivity contribution < 1.29 is 14.6 Å². The normalized spacial score (nSPS) is 12.6. The molecule has 0 heterocycles. The summed E-state index contributed by atoms with van der Waals surface area (Å²) in [5.41, 5.74) is 5.04. The first-order valence-electron chi connectivity index (χ1n) is 3.37. The van der Waals surface area contributed by atoms with Crippen molar-refractivity contribution in [1.29, 1.82) is 0 Å². The van der Waals surface area contributed by atoms with Gasteiger partial charge in [-0.05, 0) is 0 Å². The van der Waals surface area contributed by atoms with E-state index in [9.17, 15) is 4.79 Å². The lowest BCUT2D eigenvalue weighted by Crippen LogP contribution is -2.40. The second kappa shape index (κ2) is 6.09. The first-order chi connectivity index (χ1) is 5.22. The lowest BCUT2D eigenvalue weighted by Gasteiger charge is -2.07. The zero-order valence-corrected chi connectivity index (χ0v) is 6.54. The highest BCUT2D eigenvalue weighted by Crippen LogP contribution is 1.77. The third kappa shape index (κ3) is 4.72. The van der Waals surface area contributed by atoms with Crippen molar-refractivity contribution in [1.82, 2.24) is 5.32 Å². The van der Waals surface area contributed by atoms with Gasteiger partial charge < -0.3 is 20.9 Å². The lowest BCUT2D eigenvalue weighted by atomic mass is 10.3. The number of carbonyl (C=O) groups excluding carboxylic acids is 1. The van der Waals surface area contributed by atoms with Crippen LogP contribution >= 0.6 is 0 Å². The van der Waals surface area contributed by atoms with Crippen molar-refractivity contribution in [3.63, 3.8) is 0 Å². The van der Waals surface area contributed by atoms with Crippen LogP contribution in [0.4, 0.5) is 0 Å². The SMILES string of the molecule is COCCNC(=O)C(O)CN. The van der Waals surface area contributed by atoms with Gasteiger partial charge in [0.25, 0.3) is 0 Å². The second-order valence-electron chi connectivity index (χ2n) is 2.04. The lowest BCUT2D eigenvalue weighted by molar-refractivity contribution is -0.128. The molecule has 0 radical (unpaired) electrons. The van der Waals surface area contributed by atoms with Crippen molar-refractivity contribution in [3.05, 3.63) is 0 Å². The van der Waals surface area contributed by atoms with E-state index in [1.165, 1.54) is 7.11 Å². The molecular weight excluding hydrogens is 148 g/mol. The smallest absolute Gasteiger partial charge is 0.250 e. The van der Waals surface area contributed by atoms with Crippen LogP contribution in [0.3, 0.4) is 0 Å². The molecule has 0 fully saturated rings. The highest BCUT2D eigenvalue weighted by molar-refractivity contribution is 5.80. The molecule has 5 nitrogen and oxygen atoms in total. The third-order valence-electron chi connectivity index (χ3n) is 1.13. The Bertz CT molecular complexity index is 118. The Morgan fingerprint density at radius 1 is 1.82 bits per heavy atom. The highest BCUT2D eigenvalue weighted by atomic mass is 16.5. The van der Waals surface area contributed by atoms with Crippen molar-refractivity contribution >= 4 is 5.91 Å². The molecule has 5 heteroatoms. The van der Waals surface area contributed by atoms with Gasteiger partial charge in [0, 0.05) is 20.2 Å². The molecule has 66 valence electrons. The Labute approximate surface area is 65.5 Å². The summed E-state index contributed by atoms with van der Waals surface area (Å²) in [6, 6.07) is 0. The third-order valence-corrected chi connectivity index (χ3v) is 1.13. The van der Waals surface area contributed by atoms with Crippen molar-refractivity contribution in [3.8, 4) is 0 Å². The van der Waals surface area contributed by atoms with E-state index in [2.05, 4.69) is 10.1 Å². The fourth-order valence-electron chi connectivity index (χ4n) is 0.501. The topological polar surface area (TPSA) is 84.6 Å². The molecule has 1 amide bonds. The van der Waals surface area contributed by atoms with E-state index in [-0.39, 0.29) is 6.54 Å². The van der Waals surface area contributed by atoms with E-state index in [1.807, 2.05) is 0 Å². The summed E-state index contributed by atoms with van der Waals surface area (Å²) in [6.07, 6.45) is -1.10. The standard InChI is InChI=1S/C6H14N2O3/c1-11-3-2-8-6(10)5(9)4-7/h5,9H,2-4,7H2,1H3,(H,8,10).